The van der Waals surface area contributed by atoms with Crippen molar-refractivity contribution in [3.05, 3.63) is 46.5 Å². The van der Waals surface area contributed by atoms with Crippen molar-refractivity contribution in [3.63, 3.8) is 0 Å². The highest BCUT2D eigenvalue weighted by Crippen LogP contribution is 2.71. The molecule has 47 heavy (non-hydrogen) atoms. The van der Waals surface area contributed by atoms with Crippen LogP contribution in [0, 0.1) is 34.5 Å². The Bertz CT molecular complexity index is 1500. The number of aliphatic hydroxyl groups is 2. The molecule has 1 aliphatic heterocycles. The van der Waals surface area contributed by atoms with Crippen LogP contribution in [0.1, 0.15) is 89.2 Å². The summed E-state index contributed by atoms with van der Waals surface area (Å²) in [7, 11) is 0. The number of carbonyl (C=O) groups is 1. The van der Waals surface area contributed by atoms with E-state index < -0.39 is 64.1 Å². The standard InChI is InChI=1S/C35H40ClF5O6/c1-29(2)19-46-32(47-20-29)14-11-26-27-23(10-13-31(26,43)18-32)25-12-15-33(44,34(37,38)35(39,40)41)30(25,3)17-24(27)22-8-6-21(7-9-22)5-4-16-45-28(36)42/h6-9,23-25,43-44H,10-20H2,1-3H3/t23-,24+,25-,30-,31+,33-/m0/s1. The number of alkyl halides is 5. The lowest BCUT2D eigenvalue weighted by molar-refractivity contribution is -0.362. The predicted molar refractivity (Wildman–Crippen MR) is 162 cm³/mol. The Balaban J connectivity index is 1.42. The Morgan fingerprint density at radius 2 is 1.68 bits per heavy atom. The Morgan fingerprint density at radius 3 is 2.30 bits per heavy atom. The van der Waals surface area contributed by atoms with E-state index in [1.54, 1.807) is 24.3 Å². The van der Waals surface area contributed by atoms with Crippen LogP contribution in [0.3, 0.4) is 0 Å². The molecule has 2 N–H and O–H groups in total. The minimum atomic E-state index is -5.93. The van der Waals surface area contributed by atoms with E-state index >= 15 is 8.78 Å². The zero-order valence-electron chi connectivity index (χ0n) is 26.6. The van der Waals surface area contributed by atoms with Gasteiger partial charge >= 0.3 is 17.5 Å². The number of rotatable bonds is 3. The van der Waals surface area contributed by atoms with E-state index in [1.807, 2.05) is 13.8 Å². The normalized spacial score (nSPS) is 36.1. The van der Waals surface area contributed by atoms with Crippen LogP contribution in [0.25, 0.3) is 0 Å². The Hall–Kier alpha value is -2.23. The number of allylic oxidation sites excluding steroid dienone is 1. The topological polar surface area (TPSA) is 85.2 Å². The second-order valence-electron chi connectivity index (χ2n) is 15.1. The lowest BCUT2D eigenvalue weighted by Crippen LogP contribution is -2.65. The van der Waals surface area contributed by atoms with Crippen LogP contribution in [0.15, 0.2) is 35.4 Å². The lowest BCUT2D eigenvalue weighted by atomic mass is 9.49. The quantitative estimate of drug-likeness (QED) is 0.147. The minimum Gasteiger partial charge on any atom is -0.440 e. The fourth-order valence-electron chi connectivity index (χ4n) is 9.34. The van der Waals surface area contributed by atoms with Crippen molar-refractivity contribution in [1.29, 1.82) is 0 Å². The van der Waals surface area contributed by atoms with Gasteiger partial charge in [-0.1, -0.05) is 50.3 Å². The third-order valence-corrected chi connectivity index (χ3v) is 11.8. The molecule has 0 aromatic heterocycles. The molecule has 1 aromatic rings. The van der Waals surface area contributed by atoms with Crippen molar-refractivity contribution in [1.82, 2.24) is 0 Å². The smallest absolute Gasteiger partial charge is 0.440 e. The molecular formula is C35H40ClF5O6. The minimum absolute atomic E-state index is 0.0118. The molecule has 1 heterocycles. The average molecular weight is 687 g/mol. The summed E-state index contributed by atoms with van der Waals surface area (Å²) < 4.78 is 89.5. The molecular weight excluding hydrogens is 647 g/mol. The van der Waals surface area contributed by atoms with Gasteiger partial charge in [0, 0.05) is 46.8 Å². The van der Waals surface area contributed by atoms with E-state index in [-0.39, 0.29) is 37.7 Å². The largest absolute Gasteiger partial charge is 0.456 e. The van der Waals surface area contributed by atoms with Gasteiger partial charge in [0.15, 0.2) is 12.4 Å². The van der Waals surface area contributed by atoms with Gasteiger partial charge in [0.05, 0.1) is 18.8 Å². The monoisotopic (exact) mass is 686 g/mol. The van der Waals surface area contributed by atoms with Gasteiger partial charge in [-0.25, -0.2) is 4.79 Å². The maximum Gasteiger partial charge on any atom is 0.456 e. The summed E-state index contributed by atoms with van der Waals surface area (Å²) in [6, 6.07) is 6.89. The number of fused-ring (bicyclic) bond motifs is 4. The number of halogens is 6. The molecule has 4 fully saturated rings. The molecule has 0 amide bonds. The molecule has 0 radical (unpaired) electrons. The first kappa shape index (κ1) is 34.6. The maximum absolute atomic E-state index is 15.3. The fraction of sp³-hybridized carbons (Fsp3) is 0.686. The van der Waals surface area contributed by atoms with Crippen molar-refractivity contribution in [2.45, 2.75) is 107 Å². The zero-order chi connectivity index (χ0) is 34.3. The molecule has 5 aliphatic rings. The summed E-state index contributed by atoms with van der Waals surface area (Å²) >= 11 is 5.17. The van der Waals surface area contributed by atoms with Crippen LogP contribution in [0.5, 0.6) is 0 Å². The zero-order valence-corrected chi connectivity index (χ0v) is 27.4. The Labute approximate surface area is 276 Å². The first-order chi connectivity index (χ1) is 21.8. The first-order valence-corrected chi connectivity index (χ1v) is 16.5. The summed E-state index contributed by atoms with van der Waals surface area (Å²) in [4.78, 5) is 10.8. The second kappa shape index (κ2) is 11.4. The van der Waals surface area contributed by atoms with Crippen LogP contribution < -0.4 is 0 Å². The molecule has 12 heteroatoms. The molecule has 1 saturated heterocycles. The van der Waals surface area contributed by atoms with Crippen molar-refractivity contribution in [2.24, 2.45) is 22.7 Å². The van der Waals surface area contributed by atoms with Gasteiger partial charge in [0.1, 0.15) is 5.60 Å². The highest BCUT2D eigenvalue weighted by Gasteiger charge is 2.79. The Kier molecular flexibility index (Phi) is 8.41. The van der Waals surface area contributed by atoms with Gasteiger partial charge in [0.2, 0.25) is 0 Å². The van der Waals surface area contributed by atoms with Crippen LogP contribution in [0.2, 0.25) is 0 Å². The molecule has 6 rings (SSSR count). The predicted octanol–water partition coefficient (Wildman–Crippen LogP) is 7.64. The molecule has 4 aliphatic carbocycles. The molecule has 0 unspecified atom stereocenters. The fourth-order valence-corrected chi connectivity index (χ4v) is 9.39. The van der Waals surface area contributed by atoms with Crippen LogP contribution in [0.4, 0.5) is 26.7 Å². The molecule has 1 aromatic carbocycles. The van der Waals surface area contributed by atoms with E-state index in [0.29, 0.717) is 43.6 Å². The Morgan fingerprint density at radius 1 is 1.02 bits per heavy atom. The van der Waals surface area contributed by atoms with Gasteiger partial charge < -0.3 is 24.4 Å². The lowest BCUT2D eigenvalue weighted by Gasteiger charge is -2.59. The molecule has 3 saturated carbocycles. The van der Waals surface area contributed by atoms with Gasteiger partial charge in [-0.2, -0.15) is 22.0 Å². The average Bonchev–Trinajstić information content (AvgIpc) is 3.27. The van der Waals surface area contributed by atoms with E-state index in [4.69, 9.17) is 21.1 Å². The van der Waals surface area contributed by atoms with E-state index in [9.17, 15) is 28.2 Å². The van der Waals surface area contributed by atoms with Crippen molar-refractivity contribution >= 4 is 17.0 Å². The SMILES string of the molecule is CC1(C)COC2(CCC3=C4[C@@H](CC[C@@]3(O)C2)[C@@H]2CC[C@@](O)(C(F)(F)C(F)(F)F)[C@@]2(C)C[C@@H]4c2ccc(C#CCOC(=O)Cl)cc2)OC1. The van der Waals surface area contributed by atoms with Crippen LogP contribution >= 0.6 is 11.6 Å². The number of benzene rings is 1. The van der Waals surface area contributed by atoms with Crippen LogP contribution in [-0.4, -0.2) is 64.6 Å². The third-order valence-electron chi connectivity index (χ3n) is 11.7. The molecule has 258 valence electrons. The summed E-state index contributed by atoms with van der Waals surface area (Å²) in [6.07, 6.45) is -5.01. The number of hydrogen-bond donors (Lipinski definition) is 2. The first-order valence-electron chi connectivity index (χ1n) is 16.1. The van der Waals surface area contributed by atoms with Gasteiger partial charge in [0.25, 0.3) is 0 Å². The highest BCUT2D eigenvalue weighted by molar-refractivity contribution is 6.61. The maximum atomic E-state index is 15.3. The summed E-state index contributed by atoms with van der Waals surface area (Å²) in [5.41, 5.74) is -4.66. The van der Waals surface area contributed by atoms with Gasteiger partial charge in [-0.3, -0.25) is 0 Å². The number of ether oxygens (including phenoxy) is 3. The third kappa shape index (κ3) is 5.60. The van der Waals surface area contributed by atoms with E-state index in [0.717, 1.165) is 11.1 Å². The number of carbonyl (C=O) groups excluding carboxylic acids is 1. The summed E-state index contributed by atoms with van der Waals surface area (Å²) in [5.74, 6) is -2.46. The van der Waals surface area contributed by atoms with Crippen LogP contribution in [-0.2, 0) is 14.2 Å². The number of hydrogen-bond acceptors (Lipinski definition) is 6. The molecule has 6 atom stereocenters. The van der Waals surface area contributed by atoms with Gasteiger partial charge in [-0.05, 0) is 73.6 Å². The van der Waals surface area contributed by atoms with E-state index in [1.165, 1.54) is 6.92 Å². The highest BCUT2D eigenvalue weighted by atomic mass is 35.5. The van der Waals surface area contributed by atoms with Crippen molar-refractivity contribution in [2.75, 3.05) is 19.8 Å². The van der Waals surface area contributed by atoms with Gasteiger partial charge in [-0.15, -0.1) is 0 Å². The molecule has 1 spiro atoms. The molecule has 0 bridgehead atoms. The summed E-state index contributed by atoms with van der Waals surface area (Å²) in [6.45, 7) is 6.18. The molecule has 6 nitrogen and oxygen atoms in total. The second-order valence-corrected chi connectivity index (χ2v) is 15.5. The van der Waals surface area contributed by atoms with Crippen molar-refractivity contribution < 1.29 is 51.2 Å². The summed E-state index contributed by atoms with van der Waals surface area (Å²) in [5, 5.41) is 23.8. The van der Waals surface area contributed by atoms with Crippen molar-refractivity contribution in [3.8, 4) is 11.8 Å². The van der Waals surface area contributed by atoms with E-state index in [2.05, 4.69) is 16.6 Å².